The van der Waals surface area contributed by atoms with Crippen molar-refractivity contribution < 1.29 is 0 Å². The zero-order valence-electron chi connectivity index (χ0n) is 4.95. The average Bonchev–Trinajstić information content (AvgIpc) is 1.68. The fourth-order valence-corrected chi connectivity index (χ4v) is 0.850. The van der Waals surface area contributed by atoms with Crippen LogP contribution in [0.4, 0.5) is 0 Å². The van der Waals surface area contributed by atoms with E-state index < -0.39 is 0 Å². The van der Waals surface area contributed by atoms with Gasteiger partial charge in [-0.3, -0.25) is 10.6 Å². The minimum atomic E-state index is -0.0445. The fraction of sp³-hybridized carbons (Fsp3) is 1.00. The number of halogens is 1. The molecule has 0 bridgehead atoms. The molecule has 50 valence electrons. The van der Waals surface area contributed by atoms with E-state index in [1.807, 2.05) is 6.92 Å². The van der Waals surface area contributed by atoms with Crippen LogP contribution >= 0.6 is 22.6 Å². The molecule has 4 heteroatoms. The molecule has 1 unspecified atom stereocenters. The van der Waals surface area contributed by atoms with Gasteiger partial charge in [0.05, 0.1) is 4.55 Å². The van der Waals surface area contributed by atoms with E-state index in [0.29, 0.717) is 0 Å². The van der Waals surface area contributed by atoms with E-state index in [9.17, 15) is 0 Å². The van der Waals surface area contributed by atoms with Gasteiger partial charge in [-0.25, -0.2) is 0 Å². The predicted octanol–water partition coefficient (Wildman–Crippen LogP) is -0.180. The van der Waals surface area contributed by atoms with Crippen molar-refractivity contribution in [1.29, 1.82) is 0 Å². The SMILES string of the molecule is CCNC(N)NCI. The Balaban J connectivity index is 2.92. The summed E-state index contributed by atoms with van der Waals surface area (Å²) in [5, 5.41) is 6.01. The minimum absolute atomic E-state index is 0.0445. The zero-order chi connectivity index (χ0) is 6.41. The van der Waals surface area contributed by atoms with Crippen LogP contribution in [0.5, 0.6) is 0 Å². The van der Waals surface area contributed by atoms with Gasteiger partial charge in [-0.2, -0.15) is 0 Å². The summed E-state index contributed by atoms with van der Waals surface area (Å²) in [5.74, 6) is 0. The van der Waals surface area contributed by atoms with Gasteiger partial charge in [-0.1, -0.05) is 29.5 Å². The van der Waals surface area contributed by atoms with Gasteiger partial charge in [0.1, 0.15) is 6.29 Å². The van der Waals surface area contributed by atoms with Gasteiger partial charge < -0.3 is 5.73 Å². The topological polar surface area (TPSA) is 50.1 Å². The first kappa shape index (κ1) is 8.61. The van der Waals surface area contributed by atoms with Crippen LogP contribution in [0.25, 0.3) is 0 Å². The van der Waals surface area contributed by atoms with E-state index in [2.05, 4.69) is 33.2 Å². The maximum absolute atomic E-state index is 5.47. The van der Waals surface area contributed by atoms with Crippen molar-refractivity contribution in [2.45, 2.75) is 13.2 Å². The summed E-state index contributed by atoms with van der Waals surface area (Å²) in [4.78, 5) is 0. The van der Waals surface area contributed by atoms with Crippen LogP contribution in [0, 0.1) is 0 Å². The smallest absolute Gasteiger partial charge is 0.109 e. The molecule has 0 spiro atoms. The van der Waals surface area contributed by atoms with Gasteiger partial charge in [-0.15, -0.1) is 0 Å². The van der Waals surface area contributed by atoms with Crippen molar-refractivity contribution in [3.8, 4) is 0 Å². The molecule has 0 fully saturated rings. The molecule has 0 heterocycles. The predicted molar refractivity (Wildman–Crippen MR) is 43.7 cm³/mol. The van der Waals surface area contributed by atoms with E-state index in [1.54, 1.807) is 0 Å². The summed E-state index contributed by atoms with van der Waals surface area (Å²) >= 11 is 2.21. The summed E-state index contributed by atoms with van der Waals surface area (Å²) in [6, 6.07) is 0. The Bertz CT molecular complexity index is 44.5. The van der Waals surface area contributed by atoms with Gasteiger partial charge >= 0.3 is 0 Å². The molecule has 0 radical (unpaired) electrons. The number of hydrogen-bond acceptors (Lipinski definition) is 3. The Morgan fingerprint density at radius 3 is 2.62 bits per heavy atom. The summed E-state index contributed by atoms with van der Waals surface area (Å²) in [5.41, 5.74) is 5.47. The van der Waals surface area contributed by atoms with Crippen molar-refractivity contribution in [3.05, 3.63) is 0 Å². The molecule has 0 aromatic carbocycles. The van der Waals surface area contributed by atoms with Gasteiger partial charge in [0.25, 0.3) is 0 Å². The van der Waals surface area contributed by atoms with Gasteiger partial charge in [0.15, 0.2) is 0 Å². The number of alkyl halides is 1. The molecular formula is C4H12IN3. The molecule has 0 aliphatic heterocycles. The van der Waals surface area contributed by atoms with Crippen LogP contribution in [0.15, 0.2) is 0 Å². The molecule has 3 nitrogen and oxygen atoms in total. The number of nitrogens with one attached hydrogen (secondary N) is 2. The van der Waals surface area contributed by atoms with E-state index in [-0.39, 0.29) is 6.29 Å². The molecule has 0 aromatic rings. The second kappa shape index (κ2) is 5.74. The lowest BCUT2D eigenvalue weighted by Gasteiger charge is -2.10. The highest BCUT2D eigenvalue weighted by Crippen LogP contribution is 1.72. The molecule has 1 atom stereocenters. The molecular weight excluding hydrogens is 217 g/mol. The van der Waals surface area contributed by atoms with Gasteiger partial charge in [0, 0.05) is 0 Å². The van der Waals surface area contributed by atoms with Crippen molar-refractivity contribution in [3.63, 3.8) is 0 Å². The first-order valence-electron chi connectivity index (χ1n) is 2.59. The summed E-state index contributed by atoms with van der Waals surface area (Å²) < 4.78 is 0.881. The summed E-state index contributed by atoms with van der Waals surface area (Å²) in [6.45, 7) is 2.93. The third kappa shape index (κ3) is 4.76. The van der Waals surface area contributed by atoms with Gasteiger partial charge in [0.2, 0.25) is 0 Å². The van der Waals surface area contributed by atoms with Crippen molar-refractivity contribution in [2.24, 2.45) is 5.73 Å². The van der Waals surface area contributed by atoms with Gasteiger partial charge in [-0.05, 0) is 6.54 Å². The Kier molecular flexibility index (Phi) is 6.18. The van der Waals surface area contributed by atoms with Crippen molar-refractivity contribution in [1.82, 2.24) is 10.6 Å². The molecule has 0 aliphatic rings. The van der Waals surface area contributed by atoms with Crippen LogP contribution in [0.3, 0.4) is 0 Å². The lowest BCUT2D eigenvalue weighted by atomic mass is 10.7. The summed E-state index contributed by atoms with van der Waals surface area (Å²) in [7, 11) is 0. The monoisotopic (exact) mass is 229 g/mol. The first-order valence-corrected chi connectivity index (χ1v) is 4.12. The van der Waals surface area contributed by atoms with Crippen LogP contribution in [-0.2, 0) is 0 Å². The quantitative estimate of drug-likeness (QED) is 0.271. The number of hydrogen-bond donors (Lipinski definition) is 3. The van der Waals surface area contributed by atoms with Crippen LogP contribution < -0.4 is 16.4 Å². The lowest BCUT2D eigenvalue weighted by Crippen LogP contribution is -2.48. The fourth-order valence-electron chi connectivity index (χ4n) is 0.375. The van der Waals surface area contributed by atoms with Crippen molar-refractivity contribution >= 4 is 22.6 Å². The Hall–Kier alpha value is 0.610. The first-order chi connectivity index (χ1) is 3.81. The molecule has 4 N–H and O–H groups in total. The maximum atomic E-state index is 5.47. The molecule has 0 rings (SSSR count). The normalized spacial score (nSPS) is 13.9. The Labute approximate surface area is 63.5 Å². The van der Waals surface area contributed by atoms with E-state index in [4.69, 9.17) is 5.73 Å². The number of nitrogens with two attached hydrogens (primary N) is 1. The lowest BCUT2D eigenvalue weighted by molar-refractivity contribution is 0.480. The second-order valence-corrected chi connectivity index (χ2v) is 2.14. The highest BCUT2D eigenvalue weighted by atomic mass is 127. The minimum Gasteiger partial charge on any atom is -0.304 e. The van der Waals surface area contributed by atoms with E-state index in [0.717, 1.165) is 11.1 Å². The Morgan fingerprint density at radius 2 is 2.25 bits per heavy atom. The van der Waals surface area contributed by atoms with E-state index in [1.165, 1.54) is 0 Å². The number of rotatable bonds is 4. The van der Waals surface area contributed by atoms with Crippen LogP contribution in [0.2, 0.25) is 0 Å². The maximum Gasteiger partial charge on any atom is 0.109 e. The third-order valence-electron chi connectivity index (χ3n) is 0.721. The molecule has 0 aliphatic carbocycles. The van der Waals surface area contributed by atoms with Crippen LogP contribution in [-0.4, -0.2) is 17.4 Å². The largest absolute Gasteiger partial charge is 0.304 e. The van der Waals surface area contributed by atoms with Crippen LogP contribution in [0.1, 0.15) is 6.92 Å². The van der Waals surface area contributed by atoms with Crippen molar-refractivity contribution in [2.75, 3.05) is 11.1 Å². The summed E-state index contributed by atoms with van der Waals surface area (Å²) in [6.07, 6.45) is -0.0445. The second-order valence-electron chi connectivity index (χ2n) is 1.37. The highest BCUT2D eigenvalue weighted by Gasteiger charge is 1.92. The molecule has 0 aromatic heterocycles. The molecule has 0 saturated carbocycles. The Morgan fingerprint density at radius 1 is 1.62 bits per heavy atom. The highest BCUT2D eigenvalue weighted by molar-refractivity contribution is 14.1. The van der Waals surface area contributed by atoms with E-state index >= 15 is 0 Å². The molecule has 0 amide bonds. The zero-order valence-corrected chi connectivity index (χ0v) is 7.10. The third-order valence-corrected chi connectivity index (χ3v) is 1.16. The standard InChI is InChI=1S/C4H12IN3/c1-2-7-4(6)8-3-5/h4,7-8H,2-3,6H2,1H3. The molecule has 8 heavy (non-hydrogen) atoms. The average molecular weight is 229 g/mol. The molecule has 0 saturated heterocycles.